The Bertz CT molecular complexity index is 341. The lowest BCUT2D eigenvalue weighted by Crippen LogP contribution is -2.37. The highest BCUT2D eigenvalue weighted by Gasteiger charge is 2.12. The van der Waals surface area contributed by atoms with Crippen molar-refractivity contribution in [2.75, 3.05) is 13.2 Å². The summed E-state index contributed by atoms with van der Waals surface area (Å²) in [6.45, 7) is 3.49. The molecule has 0 spiro atoms. The Hall–Kier alpha value is -0.320. The second-order valence-electron chi connectivity index (χ2n) is 4.11. The molecule has 0 fully saturated rings. The molecule has 5 heteroatoms. The molecule has 0 saturated heterocycles. The number of hydrogen-bond donors (Lipinski definition) is 2. The zero-order valence-electron chi connectivity index (χ0n) is 10.6. The van der Waals surface area contributed by atoms with E-state index in [2.05, 4.69) is 5.43 Å². The molecule has 0 radical (unpaired) electrons. The van der Waals surface area contributed by atoms with Gasteiger partial charge in [-0.05, 0) is 43.9 Å². The van der Waals surface area contributed by atoms with Crippen LogP contribution in [0.1, 0.15) is 25.3 Å². The van der Waals surface area contributed by atoms with Gasteiger partial charge in [0, 0.05) is 29.3 Å². The van der Waals surface area contributed by atoms with Gasteiger partial charge in [0.1, 0.15) is 0 Å². The quantitative estimate of drug-likeness (QED) is 0.439. The summed E-state index contributed by atoms with van der Waals surface area (Å²) >= 11 is 12.3. The van der Waals surface area contributed by atoms with Crippen LogP contribution in [0.4, 0.5) is 0 Å². The molecule has 1 rings (SSSR count). The first-order chi connectivity index (χ1) is 8.69. The molecule has 0 saturated carbocycles. The van der Waals surface area contributed by atoms with E-state index in [0.29, 0.717) is 10.0 Å². The summed E-state index contributed by atoms with van der Waals surface area (Å²) in [7, 11) is 0. The molecule has 0 aliphatic heterocycles. The Balaban J connectivity index is 2.52. The number of nitrogens with one attached hydrogen (secondary N) is 1. The predicted octanol–water partition coefficient (Wildman–Crippen LogP) is 3.18. The molecule has 0 heterocycles. The number of ether oxygens (including phenoxy) is 1. The van der Waals surface area contributed by atoms with Crippen molar-refractivity contribution in [3.05, 3.63) is 33.8 Å². The van der Waals surface area contributed by atoms with E-state index in [1.165, 1.54) is 0 Å². The summed E-state index contributed by atoms with van der Waals surface area (Å²) in [6.07, 6.45) is 2.62. The molecule has 18 heavy (non-hydrogen) atoms. The molecular weight excluding hydrogens is 271 g/mol. The van der Waals surface area contributed by atoms with Crippen molar-refractivity contribution in [1.82, 2.24) is 5.43 Å². The summed E-state index contributed by atoms with van der Waals surface area (Å²) < 4.78 is 5.31. The van der Waals surface area contributed by atoms with E-state index >= 15 is 0 Å². The molecule has 0 aliphatic carbocycles. The van der Waals surface area contributed by atoms with Gasteiger partial charge < -0.3 is 4.74 Å². The molecule has 0 aliphatic rings. The molecule has 0 aromatic heterocycles. The minimum absolute atomic E-state index is 0.155. The van der Waals surface area contributed by atoms with Crippen LogP contribution in [0.15, 0.2) is 18.2 Å². The van der Waals surface area contributed by atoms with Crippen LogP contribution >= 0.6 is 23.2 Å². The van der Waals surface area contributed by atoms with Crippen LogP contribution < -0.4 is 11.3 Å². The van der Waals surface area contributed by atoms with Gasteiger partial charge >= 0.3 is 0 Å². The molecule has 1 aromatic rings. The smallest absolute Gasteiger partial charge is 0.0466 e. The number of halogens is 2. The summed E-state index contributed by atoms with van der Waals surface area (Å²) in [5.74, 6) is 5.56. The molecule has 0 bridgehead atoms. The lowest BCUT2D eigenvalue weighted by Gasteiger charge is -2.17. The summed E-state index contributed by atoms with van der Waals surface area (Å²) in [5.41, 5.74) is 3.75. The van der Waals surface area contributed by atoms with Crippen molar-refractivity contribution in [2.24, 2.45) is 5.84 Å². The zero-order chi connectivity index (χ0) is 13.4. The monoisotopic (exact) mass is 290 g/mol. The highest BCUT2D eigenvalue weighted by atomic mass is 35.5. The second-order valence-corrected chi connectivity index (χ2v) is 4.92. The van der Waals surface area contributed by atoms with Crippen LogP contribution in [0.5, 0.6) is 0 Å². The maximum atomic E-state index is 6.14. The fourth-order valence-corrected chi connectivity index (χ4v) is 2.35. The minimum atomic E-state index is 0.155. The van der Waals surface area contributed by atoms with Crippen molar-refractivity contribution >= 4 is 23.2 Å². The summed E-state index contributed by atoms with van der Waals surface area (Å²) in [6, 6.07) is 5.68. The van der Waals surface area contributed by atoms with Gasteiger partial charge in [-0.2, -0.15) is 0 Å². The largest absolute Gasteiger partial charge is 0.382 e. The van der Waals surface area contributed by atoms with Crippen molar-refractivity contribution < 1.29 is 4.74 Å². The van der Waals surface area contributed by atoms with Crippen molar-refractivity contribution in [2.45, 2.75) is 32.2 Å². The van der Waals surface area contributed by atoms with Crippen LogP contribution in [-0.4, -0.2) is 19.3 Å². The highest BCUT2D eigenvalue weighted by molar-refractivity contribution is 6.35. The fourth-order valence-electron chi connectivity index (χ4n) is 1.79. The van der Waals surface area contributed by atoms with Crippen LogP contribution in [0.3, 0.4) is 0 Å². The third-order valence-corrected chi connectivity index (χ3v) is 3.50. The number of rotatable bonds is 8. The Kier molecular flexibility index (Phi) is 7.63. The molecule has 3 nitrogen and oxygen atoms in total. The number of hydrazine groups is 1. The van der Waals surface area contributed by atoms with Crippen molar-refractivity contribution in [3.63, 3.8) is 0 Å². The average Bonchev–Trinajstić information content (AvgIpc) is 2.36. The maximum absolute atomic E-state index is 6.14. The van der Waals surface area contributed by atoms with Gasteiger partial charge in [-0.15, -0.1) is 0 Å². The normalized spacial score (nSPS) is 12.7. The van der Waals surface area contributed by atoms with Gasteiger partial charge in [0.15, 0.2) is 0 Å². The number of benzene rings is 1. The Morgan fingerprint density at radius 2 is 2.00 bits per heavy atom. The first-order valence-electron chi connectivity index (χ1n) is 6.15. The maximum Gasteiger partial charge on any atom is 0.0466 e. The van der Waals surface area contributed by atoms with Crippen LogP contribution in [0.2, 0.25) is 10.0 Å². The lowest BCUT2D eigenvalue weighted by atomic mass is 10.0. The van der Waals surface area contributed by atoms with E-state index in [1.54, 1.807) is 0 Å². The summed E-state index contributed by atoms with van der Waals surface area (Å²) in [5, 5.41) is 1.38. The van der Waals surface area contributed by atoms with E-state index in [9.17, 15) is 0 Å². The summed E-state index contributed by atoms with van der Waals surface area (Å²) in [4.78, 5) is 0. The third kappa shape index (κ3) is 5.12. The molecule has 0 amide bonds. The van der Waals surface area contributed by atoms with Crippen molar-refractivity contribution in [1.29, 1.82) is 0 Å². The van der Waals surface area contributed by atoms with Gasteiger partial charge in [-0.3, -0.25) is 11.3 Å². The van der Waals surface area contributed by atoms with E-state index < -0.39 is 0 Å². The first kappa shape index (κ1) is 15.7. The van der Waals surface area contributed by atoms with E-state index in [4.69, 9.17) is 33.8 Å². The van der Waals surface area contributed by atoms with Crippen molar-refractivity contribution in [3.8, 4) is 0 Å². The van der Waals surface area contributed by atoms with E-state index in [1.807, 2.05) is 25.1 Å². The predicted molar refractivity (Wildman–Crippen MR) is 77.0 cm³/mol. The van der Waals surface area contributed by atoms with Gasteiger partial charge in [0.2, 0.25) is 0 Å². The van der Waals surface area contributed by atoms with Gasteiger partial charge in [0.05, 0.1) is 0 Å². The molecule has 1 atom stereocenters. The number of nitrogens with two attached hydrogens (primary N) is 1. The van der Waals surface area contributed by atoms with E-state index in [0.717, 1.165) is 38.0 Å². The van der Waals surface area contributed by atoms with E-state index in [-0.39, 0.29) is 6.04 Å². The standard InChI is InChI=1S/C13H20Cl2N2O/c1-2-18-8-4-5-10(17-16)9-11-12(14)6-3-7-13(11)15/h3,6-7,10,17H,2,4-5,8-9,16H2,1H3. The highest BCUT2D eigenvalue weighted by Crippen LogP contribution is 2.26. The lowest BCUT2D eigenvalue weighted by molar-refractivity contribution is 0.140. The molecule has 3 N–H and O–H groups in total. The molecule has 102 valence electrons. The Labute approximate surface area is 119 Å². The van der Waals surface area contributed by atoms with Crippen LogP contribution in [-0.2, 0) is 11.2 Å². The van der Waals surface area contributed by atoms with Gasteiger partial charge in [-0.25, -0.2) is 0 Å². The second kappa shape index (κ2) is 8.73. The topological polar surface area (TPSA) is 47.3 Å². The average molecular weight is 291 g/mol. The Morgan fingerprint density at radius 1 is 1.33 bits per heavy atom. The molecular formula is C13H20Cl2N2O. The third-order valence-electron chi connectivity index (χ3n) is 2.79. The van der Waals surface area contributed by atoms with Gasteiger partial charge in [-0.1, -0.05) is 29.3 Å². The molecule has 1 unspecified atom stereocenters. The van der Waals surface area contributed by atoms with Crippen LogP contribution in [0.25, 0.3) is 0 Å². The first-order valence-corrected chi connectivity index (χ1v) is 6.91. The SMILES string of the molecule is CCOCCCC(Cc1c(Cl)cccc1Cl)NN. The fraction of sp³-hybridized carbons (Fsp3) is 0.538. The zero-order valence-corrected chi connectivity index (χ0v) is 12.1. The molecule has 1 aromatic carbocycles. The number of hydrogen-bond acceptors (Lipinski definition) is 3. The minimum Gasteiger partial charge on any atom is -0.382 e. The Morgan fingerprint density at radius 3 is 2.56 bits per heavy atom. The van der Waals surface area contributed by atoms with Crippen LogP contribution in [0, 0.1) is 0 Å². The van der Waals surface area contributed by atoms with Gasteiger partial charge in [0.25, 0.3) is 0 Å².